The van der Waals surface area contributed by atoms with Gasteiger partial charge in [-0.25, -0.2) is 4.79 Å². The molecule has 0 aromatic heterocycles. The number of ether oxygens (including phenoxy) is 1. The SMILES string of the molecule is O=C(OCc1cccc([N+](=O)[O-])c1)C(O)(c1ccccc1)c1ccccc1. The van der Waals surface area contributed by atoms with Gasteiger partial charge in [0, 0.05) is 12.1 Å². The first kappa shape index (κ1) is 18.3. The van der Waals surface area contributed by atoms with E-state index >= 15 is 0 Å². The van der Waals surface area contributed by atoms with Gasteiger partial charge in [-0.2, -0.15) is 0 Å². The minimum absolute atomic E-state index is 0.0927. The highest BCUT2D eigenvalue weighted by Gasteiger charge is 2.41. The largest absolute Gasteiger partial charge is 0.458 e. The zero-order valence-corrected chi connectivity index (χ0v) is 14.3. The normalized spacial score (nSPS) is 11.0. The smallest absolute Gasteiger partial charge is 0.348 e. The Bertz CT molecular complexity index is 902. The van der Waals surface area contributed by atoms with Crippen molar-refractivity contribution in [1.82, 2.24) is 0 Å². The first-order chi connectivity index (χ1) is 13.0. The van der Waals surface area contributed by atoms with Crippen molar-refractivity contribution in [3.63, 3.8) is 0 Å². The van der Waals surface area contributed by atoms with Crippen molar-refractivity contribution in [2.75, 3.05) is 0 Å². The van der Waals surface area contributed by atoms with E-state index in [9.17, 15) is 20.0 Å². The van der Waals surface area contributed by atoms with Crippen LogP contribution in [0.4, 0.5) is 5.69 Å². The molecule has 6 nitrogen and oxygen atoms in total. The summed E-state index contributed by atoms with van der Waals surface area (Å²) >= 11 is 0. The van der Waals surface area contributed by atoms with Crippen LogP contribution in [0, 0.1) is 10.1 Å². The number of aliphatic hydroxyl groups is 1. The molecule has 0 saturated carbocycles. The second-order valence-corrected chi connectivity index (χ2v) is 5.95. The lowest BCUT2D eigenvalue weighted by Gasteiger charge is -2.27. The molecule has 0 saturated heterocycles. The van der Waals surface area contributed by atoms with Gasteiger partial charge in [-0.3, -0.25) is 10.1 Å². The summed E-state index contributed by atoms with van der Waals surface area (Å²) in [5.74, 6) is -0.855. The van der Waals surface area contributed by atoms with Crippen LogP contribution >= 0.6 is 0 Å². The lowest BCUT2D eigenvalue weighted by molar-refractivity contribution is -0.384. The van der Waals surface area contributed by atoms with Crippen molar-refractivity contribution in [2.24, 2.45) is 0 Å². The molecule has 0 aliphatic heterocycles. The van der Waals surface area contributed by atoms with Crippen molar-refractivity contribution < 1.29 is 19.6 Å². The van der Waals surface area contributed by atoms with Crippen LogP contribution < -0.4 is 0 Å². The van der Waals surface area contributed by atoms with Crippen LogP contribution in [0.5, 0.6) is 0 Å². The van der Waals surface area contributed by atoms with Gasteiger partial charge >= 0.3 is 5.97 Å². The number of hydrogen-bond donors (Lipinski definition) is 1. The number of nitrogens with zero attached hydrogens (tertiary/aromatic N) is 1. The summed E-state index contributed by atoms with van der Waals surface area (Å²) in [7, 11) is 0. The van der Waals surface area contributed by atoms with Crippen LogP contribution in [0.15, 0.2) is 84.9 Å². The summed E-state index contributed by atoms with van der Waals surface area (Å²) in [6, 6.07) is 22.8. The topological polar surface area (TPSA) is 89.7 Å². The molecule has 0 spiro atoms. The number of rotatable bonds is 6. The highest BCUT2D eigenvalue weighted by Crippen LogP contribution is 2.31. The number of nitro benzene ring substituents is 1. The maximum atomic E-state index is 12.9. The minimum atomic E-state index is -1.98. The predicted octanol–water partition coefficient (Wildman–Crippen LogP) is 3.57. The van der Waals surface area contributed by atoms with E-state index in [0.29, 0.717) is 16.7 Å². The third kappa shape index (κ3) is 3.86. The van der Waals surface area contributed by atoms with Gasteiger partial charge in [0.15, 0.2) is 0 Å². The molecule has 6 heteroatoms. The van der Waals surface area contributed by atoms with E-state index in [4.69, 9.17) is 4.74 Å². The predicted molar refractivity (Wildman–Crippen MR) is 98.8 cm³/mol. The summed E-state index contributed by atoms with van der Waals surface area (Å²) in [5.41, 5.74) is -0.866. The zero-order chi connectivity index (χ0) is 19.3. The van der Waals surface area contributed by atoms with Gasteiger partial charge in [0.25, 0.3) is 5.69 Å². The van der Waals surface area contributed by atoms with Crippen molar-refractivity contribution >= 4 is 11.7 Å². The Hall–Kier alpha value is -3.51. The average molecular weight is 363 g/mol. The lowest BCUT2D eigenvalue weighted by atomic mass is 9.86. The number of carbonyl (C=O) groups excluding carboxylic acids is 1. The maximum absolute atomic E-state index is 12.9. The molecule has 3 aromatic rings. The summed E-state index contributed by atoms with van der Waals surface area (Å²) in [5, 5.41) is 22.1. The second kappa shape index (κ2) is 7.80. The first-order valence-electron chi connectivity index (χ1n) is 8.26. The van der Waals surface area contributed by atoms with Gasteiger partial charge < -0.3 is 9.84 Å². The molecule has 136 valence electrons. The summed E-state index contributed by atoms with van der Waals surface area (Å²) in [4.78, 5) is 23.2. The molecule has 1 N–H and O–H groups in total. The van der Waals surface area contributed by atoms with Gasteiger partial charge in [-0.05, 0) is 16.7 Å². The Labute approximate surface area is 155 Å². The van der Waals surface area contributed by atoms with Crippen LogP contribution in [0.25, 0.3) is 0 Å². The van der Waals surface area contributed by atoms with Gasteiger partial charge in [-0.15, -0.1) is 0 Å². The second-order valence-electron chi connectivity index (χ2n) is 5.95. The highest BCUT2D eigenvalue weighted by atomic mass is 16.6. The number of carbonyl (C=O) groups is 1. The molecular weight excluding hydrogens is 346 g/mol. The molecule has 3 rings (SSSR count). The molecule has 0 aliphatic carbocycles. The summed E-state index contributed by atoms with van der Waals surface area (Å²) < 4.78 is 5.33. The van der Waals surface area contributed by atoms with Crippen molar-refractivity contribution in [1.29, 1.82) is 0 Å². The summed E-state index contributed by atoms with van der Waals surface area (Å²) in [6.45, 7) is -0.192. The molecule has 0 fully saturated rings. The molecule has 0 radical (unpaired) electrons. The molecular formula is C21H17NO5. The van der Waals surface area contributed by atoms with Gasteiger partial charge in [-0.1, -0.05) is 72.8 Å². The van der Waals surface area contributed by atoms with Crippen LogP contribution in [-0.2, 0) is 21.7 Å². The fourth-order valence-electron chi connectivity index (χ4n) is 2.77. The molecule has 0 atom stereocenters. The quantitative estimate of drug-likeness (QED) is 0.411. The molecule has 0 unspecified atom stereocenters. The lowest BCUT2D eigenvalue weighted by Crippen LogP contribution is -2.38. The minimum Gasteiger partial charge on any atom is -0.458 e. The molecule has 0 aliphatic rings. The van der Waals surface area contributed by atoms with Gasteiger partial charge in [0.05, 0.1) is 4.92 Å². The van der Waals surface area contributed by atoms with E-state index in [1.165, 1.54) is 18.2 Å². The highest BCUT2D eigenvalue weighted by molar-refractivity contribution is 5.85. The Morgan fingerprint density at radius 1 is 0.926 bits per heavy atom. The monoisotopic (exact) mass is 363 g/mol. The third-order valence-corrected chi connectivity index (χ3v) is 4.17. The molecule has 27 heavy (non-hydrogen) atoms. The fourth-order valence-corrected chi connectivity index (χ4v) is 2.77. The van der Waals surface area contributed by atoms with Gasteiger partial charge in [0.2, 0.25) is 5.60 Å². The van der Waals surface area contributed by atoms with Crippen molar-refractivity contribution in [2.45, 2.75) is 12.2 Å². The van der Waals surface area contributed by atoms with Crippen LogP contribution in [0.2, 0.25) is 0 Å². The number of hydrogen-bond acceptors (Lipinski definition) is 5. The molecule has 0 bridgehead atoms. The summed E-state index contributed by atoms with van der Waals surface area (Å²) in [6.07, 6.45) is 0. The van der Waals surface area contributed by atoms with E-state index in [-0.39, 0.29) is 12.3 Å². The zero-order valence-electron chi connectivity index (χ0n) is 14.3. The Morgan fingerprint density at radius 3 is 2.00 bits per heavy atom. The average Bonchev–Trinajstić information content (AvgIpc) is 2.72. The van der Waals surface area contributed by atoms with Gasteiger partial charge in [0.1, 0.15) is 6.61 Å². The first-order valence-corrected chi connectivity index (χ1v) is 8.26. The van der Waals surface area contributed by atoms with E-state index in [1.54, 1.807) is 66.7 Å². The van der Waals surface area contributed by atoms with Crippen molar-refractivity contribution in [3.8, 4) is 0 Å². The number of nitro groups is 1. The van der Waals surface area contributed by atoms with Crippen LogP contribution in [0.3, 0.4) is 0 Å². The van der Waals surface area contributed by atoms with E-state index < -0.39 is 16.5 Å². The number of esters is 1. The Morgan fingerprint density at radius 2 is 1.48 bits per heavy atom. The van der Waals surface area contributed by atoms with Crippen LogP contribution in [-0.4, -0.2) is 16.0 Å². The van der Waals surface area contributed by atoms with Crippen LogP contribution in [0.1, 0.15) is 16.7 Å². The molecule has 0 amide bonds. The Kier molecular flexibility index (Phi) is 5.28. The fraction of sp³-hybridized carbons (Fsp3) is 0.0952. The van der Waals surface area contributed by atoms with E-state index in [1.807, 2.05) is 0 Å². The maximum Gasteiger partial charge on any atom is 0.348 e. The Balaban J connectivity index is 1.88. The van der Waals surface area contributed by atoms with Crippen molar-refractivity contribution in [3.05, 3.63) is 112 Å². The number of benzene rings is 3. The molecule has 0 heterocycles. The third-order valence-electron chi connectivity index (χ3n) is 4.17. The molecule has 3 aromatic carbocycles. The number of non-ortho nitro benzene ring substituents is 1. The standard InChI is InChI=1S/C21H17NO5/c23-20(27-15-16-8-7-13-19(14-16)22(25)26)21(24,17-9-3-1-4-10-17)18-11-5-2-6-12-18/h1-14,24H,15H2. The van der Waals surface area contributed by atoms with E-state index in [0.717, 1.165) is 0 Å². The van der Waals surface area contributed by atoms with E-state index in [2.05, 4.69) is 0 Å².